The van der Waals surface area contributed by atoms with E-state index in [1.807, 2.05) is 48.5 Å². The summed E-state index contributed by atoms with van der Waals surface area (Å²) in [6.45, 7) is 0. The molecule has 0 bridgehead atoms. The molecule has 0 spiro atoms. The van der Waals surface area contributed by atoms with E-state index < -0.39 is 7.32 Å². The molecule has 1 heterocycles. The van der Waals surface area contributed by atoms with Gasteiger partial charge in [-0.1, -0.05) is 48.2 Å². The van der Waals surface area contributed by atoms with Crippen LogP contribution < -0.4 is 14.6 Å². The maximum Gasteiger partial charge on any atom is 0.785 e. The number of nitrogens with one attached hydrogen (secondary N) is 1. The molecule has 1 aliphatic heterocycles. The molecule has 0 amide bonds. The van der Waals surface area contributed by atoms with E-state index in [0.29, 0.717) is 11.5 Å². The first kappa shape index (κ1) is 15.0. The first-order valence-electron chi connectivity index (χ1n) is 7.53. The lowest BCUT2D eigenvalue weighted by atomic mass is 10.2. The lowest BCUT2D eigenvalue weighted by Crippen LogP contribution is -2.30. The molecule has 4 nitrogen and oxygen atoms in total. The summed E-state index contributed by atoms with van der Waals surface area (Å²) >= 11 is 1.66. The van der Waals surface area contributed by atoms with Gasteiger partial charge in [-0.15, -0.1) is 0 Å². The zero-order valence-corrected chi connectivity index (χ0v) is 13.5. The van der Waals surface area contributed by atoms with Gasteiger partial charge in [-0.2, -0.15) is 0 Å². The van der Waals surface area contributed by atoms with Crippen LogP contribution in [0.4, 0.5) is 11.4 Å². The molecule has 24 heavy (non-hydrogen) atoms. The molecule has 6 heteroatoms. The molecule has 3 aromatic carbocycles. The van der Waals surface area contributed by atoms with E-state index in [2.05, 4.69) is 11.4 Å². The summed E-state index contributed by atoms with van der Waals surface area (Å²) in [5, 5.41) is 13.4. The van der Waals surface area contributed by atoms with Crippen LogP contribution in [-0.2, 0) is 0 Å². The van der Waals surface area contributed by atoms with Gasteiger partial charge >= 0.3 is 7.32 Å². The van der Waals surface area contributed by atoms with Crippen molar-refractivity contribution in [2.75, 3.05) is 5.32 Å². The molecule has 3 aromatic rings. The topological polar surface area (TPSA) is 50.7 Å². The molecule has 118 valence electrons. The Hall–Kier alpha value is -2.57. The van der Waals surface area contributed by atoms with Gasteiger partial charge in [0.1, 0.15) is 11.5 Å². The van der Waals surface area contributed by atoms with Crippen molar-refractivity contribution in [3.8, 4) is 11.5 Å². The highest BCUT2D eigenvalue weighted by atomic mass is 32.2. The van der Waals surface area contributed by atoms with Crippen LogP contribution in [0.25, 0.3) is 0 Å². The molecule has 0 atom stereocenters. The van der Waals surface area contributed by atoms with Gasteiger partial charge in [-0.3, -0.25) is 0 Å². The number of benzene rings is 3. The summed E-state index contributed by atoms with van der Waals surface area (Å²) < 4.78 is 11.0. The van der Waals surface area contributed by atoms with E-state index in [4.69, 9.17) is 9.31 Å². The van der Waals surface area contributed by atoms with Crippen molar-refractivity contribution in [1.82, 2.24) is 0 Å². The smallest absolute Gasteiger partial charge is 0.501 e. The molecule has 0 aromatic heterocycles. The first-order chi connectivity index (χ1) is 11.8. The Morgan fingerprint density at radius 1 is 0.792 bits per heavy atom. The SMILES string of the molecule is OB(Oc1ccccc1)Oc1cccc2c1Nc1ccccc1S2. The fourth-order valence-electron chi connectivity index (χ4n) is 2.48. The van der Waals surface area contributed by atoms with Gasteiger partial charge in [0, 0.05) is 9.79 Å². The van der Waals surface area contributed by atoms with E-state index in [0.717, 1.165) is 21.2 Å². The van der Waals surface area contributed by atoms with Gasteiger partial charge in [0.2, 0.25) is 0 Å². The van der Waals surface area contributed by atoms with Crippen LogP contribution in [0.15, 0.2) is 82.6 Å². The largest absolute Gasteiger partial charge is 0.785 e. The average molecular weight is 335 g/mol. The minimum Gasteiger partial charge on any atom is -0.501 e. The Balaban J connectivity index is 1.55. The van der Waals surface area contributed by atoms with E-state index in [9.17, 15) is 5.02 Å². The predicted molar refractivity (Wildman–Crippen MR) is 96.0 cm³/mol. The van der Waals surface area contributed by atoms with Gasteiger partial charge in [-0.05, 0) is 36.4 Å². The third-order valence-corrected chi connectivity index (χ3v) is 4.70. The summed E-state index contributed by atoms with van der Waals surface area (Å²) in [6.07, 6.45) is 0. The zero-order valence-electron chi connectivity index (χ0n) is 12.7. The fraction of sp³-hybridized carbons (Fsp3) is 0. The van der Waals surface area contributed by atoms with E-state index in [-0.39, 0.29) is 0 Å². The monoisotopic (exact) mass is 335 g/mol. The molecule has 0 aliphatic carbocycles. The van der Waals surface area contributed by atoms with Gasteiger partial charge < -0.3 is 19.6 Å². The van der Waals surface area contributed by atoms with Crippen molar-refractivity contribution in [3.63, 3.8) is 0 Å². The molecular weight excluding hydrogens is 321 g/mol. The van der Waals surface area contributed by atoms with Gasteiger partial charge in [0.05, 0.1) is 11.4 Å². The number of rotatable bonds is 4. The third kappa shape index (κ3) is 3.06. The molecule has 2 N–H and O–H groups in total. The van der Waals surface area contributed by atoms with Crippen LogP contribution >= 0.6 is 11.8 Å². The summed E-state index contributed by atoms with van der Waals surface area (Å²) in [4.78, 5) is 2.20. The molecule has 0 fully saturated rings. The van der Waals surface area contributed by atoms with Crippen LogP contribution in [0.3, 0.4) is 0 Å². The quantitative estimate of drug-likeness (QED) is 0.544. The van der Waals surface area contributed by atoms with Crippen LogP contribution in [0.5, 0.6) is 11.5 Å². The van der Waals surface area contributed by atoms with Gasteiger partial charge in [0.25, 0.3) is 0 Å². The highest BCUT2D eigenvalue weighted by Gasteiger charge is 2.25. The number of para-hydroxylation sites is 3. The summed E-state index contributed by atoms with van der Waals surface area (Å²) in [6, 6.07) is 22.9. The predicted octanol–water partition coefficient (Wildman–Crippen LogP) is 4.33. The zero-order chi connectivity index (χ0) is 16.4. The van der Waals surface area contributed by atoms with Crippen molar-refractivity contribution in [1.29, 1.82) is 0 Å². The summed E-state index contributed by atoms with van der Waals surface area (Å²) in [5.41, 5.74) is 1.85. The Kier molecular flexibility index (Phi) is 4.07. The summed E-state index contributed by atoms with van der Waals surface area (Å²) in [7, 11) is -1.39. The molecule has 0 unspecified atom stereocenters. The Morgan fingerprint density at radius 2 is 1.54 bits per heavy atom. The average Bonchev–Trinajstić information content (AvgIpc) is 2.61. The van der Waals surface area contributed by atoms with Crippen LogP contribution in [-0.4, -0.2) is 12.3 Å². The Morgan fingerprint density at radius 3 is 2.42 bits per heavy atom. The first-order valence-corrected chi connectivity index (χ1v) is 8.34. The highest BCUT2D eigenvalue weighted by molar-refractivity contribution is 7.99. The normalized spacial score (nSPS) is 11.7. The van der Waals surface area contributed by atoms with E-state index in [1.165, 1.54) is 0 Å². The van der Waals surface area contributed by atoms with Crippen molar-refractivity contribution in [2.24, 2.45) is 0 Å². The fourth-order valence-corrected chi connectivity index (χ4v) is 3.49. The molecule has 0 saturated carbocycles. The molecular formula is C18H14BNO3S. The molecule has 4 rings (SSSR count). The van der Waals surface area contributed by atoms with Crippen LogP contribution in [0, 0.1) is 0 Å². The second kappa shape index (κ2) is 6.51. The second-order valence-corrected chi connectivity index (χ2v) is 6.29. The molecule has 0 radical (unpaired) electrons. The summed E-state index contributed by atoms with van der Waals surface area (Å²) in [5.74, 6) is 1.08. The van der Waals surface area contributed by atoms with E-state index >= 15 is 0 Å². The van der Waals surface area contributed by atoms with Crippen molar-refractivity contribution in [2.45, 2.75) is 9.79 Å². The Labute approximate surface area is 144 Å². The number of hydrogen-bond acceptors (Lipinski definition) is 5. The van der Waals surface area contributed by atoms with Crippen LogP contribution in [0.1, 0.15) is 0 Å². The van der Waals surface area contributed by atoms with Crippen molar-refractivity contribution in [3.05, 3.63) is 72.8 Å². The minimum absolute atomic E-state index is 0.540. The minimum atomic E-state index is -1.39. The lowest BCUT2D eigenvalue weighted by molar-refractivity contribution is 0.298. The lowest BCUT2D eigenvalue weighted by Gasteiger charge is -2.23. The number of anilines is 2. The number of fused-ring (bicyclic) bond motifs is 2. The maximum atomic E-state index is 10.1. The van der Waals surface area contributed by atoms with Gasteiger partial charge in [-0.25, -0.2) is 0 Å². The molecule has 1 aliphatic rings. The second-order valence-electron chi connectivity index (χ2n) is 5.21. The van der Waals surface area contributed by atoms with Crippen molar-refractivity contribution >= 4 is 30.5 Å². The molecule has 0 saturated heterocycles. The maximum absolute atomic E-state index is 10.1. The Bertz CT molecular complexity index is 860. The third-order valence-electron chi connectivity index (χ3n) is 3.56. The van der Waals surface area contributed by atoms with Crippen molar-refractivity contribution < 1.29 is 14.3 Å². The van der Waals surface area contributed by atoms with E-state index in [1.54, 1.807) is 30.0 Å². The van der Waals surface area contributed by atoms with Crippen LogP contribution in [0.2, 0.25) is 0 Å². The highest BCUT2D eigenvalue weighted by Crippen LogP contribution is 2.47. The standard InChI is InChI=1S/C18H14BNO3S/c21-19(22-13-7-2-1-3-8-13)23-15-10-6-12-17-18(15)20-14-9-4-5-11-16(14)24-17/h1-12,20-21H. The van der Waals surface area contributed by atoms with Gasteiger partial charge in [0.15, 0.2) is 0 Å². The number of hydrogen-bond donors (Lipinski definition) is 2.